The van der Waals surface area contributed by atoms with E-state index in [0.29, 0.717) is 52.8 Å². The zero-order chi connectivity index (χ0) is 25.3. The number of hydrogen-bond donors (Lipinski definition) is 1. The number of allylic oxidation sites excluding steroid dienone is 3. The van der Waals surface area contributed by atoms with Gasteiger partial charge in [-0.25, -0.2) is 4.79 Å². The molecule has 0 saturated carbocycles. The Hall–Kier alpha value is -3.25. The van der Waals surface area contributed by atoms with E-state index < -0.39 is 11.9 Å². The van der Waals surface area contributed by atoms with Crippen LogP contribution in [0.4, 0.5) is 0 Å². The van der Waals surface area contributed by atoms with Gasteiger partial charge in [-0.3, -0.25) is 4.79 Å². The maximum absolute atomic E-state index is 13.4. The second kappa shape index (κ2) is 9.78. The number of benzene rings is 2. The van der Waals surface area contributed by atoms with E-state index in [1.54, 1.807) is 7.11 Å². The van der Waals surface area contributed by atoms with E-state index in [9.17, 15) is 9.59 Å². The summed E-state index contributed by atoms with van der Waals surface area (Å²) in [6, 6.07) is 13.0. The molecule has 1 N–H and O–H groups in total. The Balaban J connectivity index is 1.74. The number of nitrogens with one attached hydrogen (secondary N) is 1. The van der Waals surface area contributed by atoms with E-state index in [0.717, 1.165) is 16.8 Å². The van der Waals surface area contributed by atoms with E-state index in [1.165, 1.54) is 7.11 Å². The van der Waals surface area contributed by atoms with E-state index in [-0.39, 0.29) is 11.2 Å². The summed E-state index contributed by atoms with van der Waals surface area (Å²) in [4.78, 5) is 26.2. The Labute approximate surface area is 210 Å². The third kappa shape index (κ3) is 5.08. The SMILES string of the molecule is COC(=O)C1=C(C)NC2=C(C(=O)CC(C)(C)C2)[C@@H]1c1ccc(OCc2cccc(Cl)c2)c(OC)c1. The van der Waals surface area contributed by atoms with Crippen LogP contribution in [0.15, 0.2) is 65.0 Å². The first-order valence-electron chi connectivity index (χ1n) is 11.5. The van der Waals surface area contributed by atoms with E-state index in [2.05, 4.69) is 19.2 Å². The number of Topliss-reactive ketones (excluding diaryl/α,β-unsaturated/α-hetero) is 1. The van der Waals surface area contributed by atoms with Crippen molar-refractivity contribution in [2.75, 3.05) is 14.2 Å². The molecule has 35 heavy (non-hydrogen) atoms. The number of esters is 1. The van der Waals surface area contributed by atoms with Crippen LogP contribution in [0.5, 0.6) is 11.5 Å². The van der Waals surface area contributed by atoms with Gasteiger partial charge in [-0.05, 0) is 54.2 Å². The van der Waals surface area contributed by atoms with Crippen LogP contribution < -0.4 is 14.8 Å². The van der Waals surface area contributed by atoms with Crippen LogP contribution in [-0.4, -0.2) is 26.0 Å². The maximum atomic E-state index is 13.4. The maximum Gasteiger partial charge on any atom is 0.336 e. The normalized spacial score (nSPS) is 19.1. The molecular formula is C28H30ClNO5. The Morgan fingerprint density at radius 1 is 1.11 bits per heavy atom. The van der Waals surface area contributed by atoms with Crippen molar-refractivity contribution in [1.29, 1.82) is 0 Å². The van der Waals surface area contributed by atoms with Crippen LogP contribution in [0.2, 0.25) is 5.02 Å². The summed E-state index contributed by atoms with van der Waals surface area (Å²) in [7, 11) is 2.91. The summed E-state index contributed by atoms with van der Waals surface area (Å²) in [5, 5.41) is 3.96. The molecule has 4 rings (SSSR count). The Morgan fingerprint density at radius 2 is 1.89 bits per heavy atom. The topological polar surface area (TPSA) is 73.9 Å². The Morgan fingerprint density at radius 3 is 2.57 bits per heavy atom. The predicted molar refractivity (Wildman–Crippen MR) is 134 cm³/mol. The molecule has 0 saturated heterocycles. The second-order valence-corrected chi connectivity index (χ2v) is 10.2. The van der Waals surface area contributed by atoms with E-state index in [1.807, 2.05) is 49.4 Å². The average molecular weight is 496 g/mol. The van der Waals surface area contributed by atoms with Crippen molar-refractivity contribution in [2.24, 2.45) is 5.41 Å². The number of carbonyl (C=O) groups excluding carboxylic acids is 2. The predicted octanol–water partition coefficient (Wildman–Crippen LogP) is 5.70. The monoisotopic (exact) mass is 495 g/mol. The van der Waals surface area contributed by atoms with Gasteiger partial charge in [0, 0.05) is 34.3 Å². The first-order chi connectivity index (χ1) is 16.6. The Bertz CT molecular complexity index is 1240. The minimum atomic E-state index is -0.557. The first-order valence-corrected chi connectivity index (χ1v) is 11.9. The van der Waals surface area contributed by atoms with Gasteiger partial charge in [0.2, 0.25) is 0 Å². The van der Waals surface area contributed by atoms with Crippen LogP contribution in [0.25, 0.3) is 0 Å². The van der Waals surface area contributed by atoms with Gasteiger partial charge >= 0.3 is 5.97 Å². The molecule has 0 bridgehead atoms. The van der Waals surface area contributed by atoms with Gasteiger partial charge in [0.15, 0.2) is 17.3 Å². The van der Waals surface area contributed by atoms with Crippen molar-refractivity contribution >= 4 is 23.4 Å². The molecule has 0 spiro atoms. The van der Waals surface area contributed by atoms with Crippen LogP contribution in [-0.2, 0) is 20.9 Å². The van der Waals surface area contributed by atoms with Gasteiger partial charge in [-0.15, -0.1) is 0 Å². The summed E-state index contributed by atoms with van der Waals surface area (Å²) in [6.45, 7) is 6.32. The summed E-state index contributed by atoms with van der Waals surface area (Å²) in [6.07, 6.45) is 1.13. The largest absolute Gasteiger partial charge is 0.493 e. The standard InChI is InChI=1S/C28H30ClNO5/c1-16-24(27(32)34-5)25(26-20(30-16)13-28(2,3)14-21(26)31)18-9-10-22(23(12-18)33-4)35-15-17-7-6-8-19(29)11-17/h6-12,25,30H,13-15H2,1-5H3/t25-/m1/s1. The van der Waals surface area contributed by atoms with Gasteiger partial charge in [-0.1, -0.05) is 43.6 Å². The molecule has 1 atom stereocenters. The highest BCUT2D eigenvalue weighted by Crippen LogP contribution is 2.47. The number of rotatable bonds is 6. The quantitative estimate of drug-likeness (QED) is 0.518. The van der Waals surface area contributed by atoms with Gasteiger partial charge in [0.05, 0.1) is 19.8 Å². The summed E-state index contributed by atoms with van der Waals surface area (Å²) < 4.78 is 16.7. The average Bonchev–Trinajstić information content (AvgIpc) is 2.80. The molecule has 2 aromatic rings. The molecule has 1 aliphatic carbocycles. The molecule has 1 heterocycles. The molecule has 6 nitrogen and oxygen atoms in total. The van der Waals surface area contributed by atoms with Crippen LogP contribution in [0.1, 0.15) is 50.7 Å². The second-order valence-electron chi connectivity index (χ2n) is 9.75. The molecular weight excluding hydrogens is 466 g/mol. The third-order valence-corrected chi connectivity index (χ3v) is 6.68. The smallest absolute Gasteiger partial charge is 0.336 e. The zero-order valence-corrected chi connectivity index (χ0v) is 21.4. The highest BCUT2D eigenvalue weighted by molar-refractivity contribution is 6.30. The molecule has 1 aliphatic heterocycles. The molecule has 0 aromatic heterocycles. The highest BCUT2D eigenvalue weighted by Gasteiger charge is 2.43. The van der Waals surface area contributed by atoms with Crippen molar-refractivity contribution in [3.8, 4) is 11.5 Å². The molecule has 0 unspecified atom stereocenters. The van der Waals surface area contributed by atoms with E-state index in [4.69, 9.17) is 25.8 Å². The molecule has 2 aromatic carbocycles. The lowest BCUT2D eigenvalue weighted by molar-refractivity contribution is -0.136. The first kappa shape index (κ1) is 24.9. The lowest BCUT2D eigenvalue weighted by Crippen LogP contribution is -2.38. The third-order valence-electron chi connectivity index (χ3n) is 6.45. The lowest BCUT2D eigenvalue weighted by atomic mass is 9.68. The van der Waals surface area contributed by atoms with E-state index >= 15 is 0 Å². The van der Waals surface area contributed by atoms with Gasteiger partial charge in [0.1, 0.15) is 6.61 Å². The molecule has 0 radical (unpaired) electrons. The molecule has 2 aliphatic rings. The van der Waals surface area contributed by atoms with Gasteiger partial charge < -0.3 is 19.5 Å². The lowest BCUT2D eigenvalue weighted by Gasteiger charge is -2.39. The van der Waals surface area contributed by atoms with Crippen molar-refractivity contribution in [3.05, 3.63) is 81.2 Å². The zero-order valence-electron chi connectivity index (χ0n) is 20.7. The molecule has 7 heteroatoms. The number of ether oxygens (including phenoxy) is 3. The van der Waals surface area contributed by atoms with Crippen LogP contribution in [0.3, 0.4) is 0 Å². The number of methoxy groups -OCH3 is 2. The van der Waals surface area contributed by atoms with Crippen molar-refractivity contribution < 1.29 is 23.8 Å². The highest BCUT2D eigenvalue weighted by atomic mass is 35.5. The molecule has 184 valence electrons. The van der Waals surface area contributed by atoms with Crippen LogP contribution in [0, 0.1) is 5.41 Å². The van der Waals surface area contributed by atoms with Crippen molar-refractivity contribution in [2.45, 2.75) is 46.1 Å². The fraction of sp³-hybridized carbons (Fsp3) is 0.357. The minimum absolute atomic E-state index is 0.0305. The fourth-order valence-corrected chi connectivity index (χ4v) is 5.13. The molecule has 0 amide bonds. The van der Waals surface area contributed by atoms with Gasteiger partial charge in [0.25, 0.3) is 0 Å². The van der Waals surface area contributed by atoms with Gasteiger partial charge in [-0.2, -0.15) is 0 Å². The summed E-state index contributed by atoms with van der Waals surface area (Å²) >= 11 is 6.08. The van der Waals surface area contributed by atoms with Crippen LogP contribution >= 0.6 is 11.6 Å². The summed E-state index contributed by atoms with van der Waals surface area (Å²) in [5.74, 6) is 0.0666. The Kier molecular flexibility index (Phi) is 6.95. The minimum Gasteiger partial charge on any atom is -0.493 e. The number of carbonyl (C=O) groups is 2. The fourth-order valence-electron chi connectivity index (χ4n) is 4.92. The number of halogens is 1. The van der Waals surface area contributed by atoms with Crippen molar-refractivity contribution in [3.63, 3.8) is 0 Å². The van der Waals surface area contributed by atoms with Crippen molar-refractivity contribution in [1.82, 2.24) is 5.32 Å². The molecule has 0 fully saturated rings. The number of ketones is 1. The number of dihydropyridines is 1. The number of hydrogen-bond acceptors (Lipinski definition) is 6. The summed E-state index contributed by atoms with van der Waals surface area (Å²) in [5.41, 5.74) is 4.12.